The van der Waals surface area contributed by atoms with Gasteiger partial charge in [0.05, 0.1) is 6.61 Å². The quantitative estimate of drug-likeness (QED) is 0.377. The van der Waals surface area contributed by atoms with E-state index in [1.807, 2.05) is 0 Å². The molecule has 0 aliphatic carbocycles. The number of benzene rings is 2. The van der Waals surface area contributed by atoms with Gasteiger partial charge in [-0.3, -0.25) is 10.1 Å². The number of nitrogens with one attached hydrogen (secondary N) is 1. The SMILES string of the molecule is CCOC(=O)Nc1ccc2c(COC(=O)[C@@H]3CS[C@]4(c5ccc(F)cc5)CCC(=O)N34)cc(=O)oc2c1. The largest absolute Gasteiger partial charge is 0.459 e. The van der Waals surface area contributed by atoms with E-state index in [1.54, 1.807) is 36.1 Å². The minimum atomic E-state index is -0.809. The van der Waals surface area contributed by atoms with Crippen molar-refractivity contribution in [3.05, 3.63) is 75.9 Å². The van der Waals surface area contributed by atoms with Gasteiger partial charge >= 0.3 is 17.7 Å². The Labute approximate surface area is 214 Å². The van der Waals surface area contributed by atoms with Crippen molar-refractivity contribution in [2.75, 3.05) is 17.7 Å². The molecule has 2 aromatic carbocycles. The first kappa shape index (κ1) is 24.8. The summed E-state index contributed by atoms with van der Waals surface area (Å²) in [6, 6.07) is 11.1. The number of carbonyl (C=O) groups is 3. The van der Waals surface area contributed by atoms with Crippen molar-refractivity contribution in [3.8, 4) is 0 Å². The van der Waals surface area contributed by atoms with Crippen molar-refractivity contribution >= 4 is 46.4 Å². The number of halogens is 1. The number of rotatable bonds is 6. The lowest BCUT2D eigenvalue weighted by Crippen LogP contribution is -2.46. The molecule has 3 heterocycles. The lowest BCUT2D eigenvalue weighted by molar-refractivity contribution is -0.155. The molecule has 37 heavy (non-hydrogen) atoms. The van der Waals surface area contributed by atoms with Crippen LogP contribution in [0.25, 0.3) is 11.0 Å². The predicted molar refractivity (Wildman–Crippen MR) is 133 cm³/mol. The zero-order chi connectivity index (χ0) is 26.2. The molecule has 2 saturated heterocycles. The van der Waals surface area contributed by atoms with Crippen LogP contribution in [0.5, 0.6) is 0 Å². The van der Waals surface area contributed by atoms with Crippen LogP contribution in [0.3, 0.4) is 0 Å². The van der Waals surface area contributed by atoms with Crippen LogP contribution < -0.4 is 10.9 Å². The Bertz CT molecular complexity index is 1440. The summed E-state index contributed by atoms with van der Waals surface area (Å²) in [5.41, 5.74) is 1.11. The maximum absolute atomic E-state index is 13.5. The lowest BCUT2D eigenvalue weighted by atomic mass is 10.0. The first-order chi connectivity index (χ1) is 17.8. The summed E-state index contributed by atoms with van der Waals surface area (Å²) in [4.78, 5) is 50.6. The number of hydrogen-bond donors (Lipinski definition) is 1. The number of thioether (sulfide) groups is 1. The van der Waals surface area contributed by atoms with Crippen LogP contribution in [0, 0.1) is 5.82 Å². The summed E-state index contributed by atoms with van der Waals surface area (Å²) in [7, 11) is 0. The Morgan fingerprint density at radius 1 is 1.16 bits per heavy atom. The van der Waals surface area contributed by atoms with Gasteiger partial charge < -0.3 is 18.8 Å². The molecule has 11 heteroatoms. The monoisotopic (exact) mass is 526 g/mol. The van der Waals surface area contributed by atoms with E-state index < -0.39 is 28.6 Å². The molecule has 0 spiro atoms. The van der Waals surface area contributed by atoms with Gasteiger partial charge in [0.15, 0.2) is 0 Å². The summed E-state index contributed by atoms with van der Waals surface area (Å²) in [5.74, 6) is -0.793. The van der Waals surface area contributed by atoms with E-state index in [2.05, 4.69) is 5.32 Å². The zero-order valence-corrected chi connectivity index (χ0v) is 20.6. The van der Waals surface area contributed by atoms with Crippen LogP contribution in [-0.4, -0.2) is 41.3 Å². The molecule has 0 radical (unpaired) electrons. The summed E-state index contributed by atoms with van der Waals surface area (Å²) in [5, 5.41) is 3.07. The van der Waals surface area contributed by atoms with E-state index >= 15 is 0 Å². The summed E-state index contributed by atoms with van der Waals surface area (Å²) in [6.45, 7) is 1.68. The first-order valence-electron chi connectivity index (χ1n) is 11.7. The number of esters is 1. The van der Waals surface area contributed by atoms with Crippen molar-refractivity contribution in [1.29, 1.82) is 0 Å². The Morgan fingerprint density at radius 3 is 2.70 bits per heavy atom. The molecule has 1 N–H and O–H groups in total. The second-order valence-electron chi connectivity index (χ2n) is 8.64. The average Bonchev–Trinajstić information content (AvgIpc) is 3.41. The highest BCUT2D eigenvalue weighted by Gasteiger charge is 2.57. The van der Waals surface area contributed by atoms with Gasteiger partial charge in [0.2, 0.25) is 5.91 Å². The molecule has 0 saturated carbocycles. The molecule has 9 nitrogen and oxygen atoms in total. The highest BCUT2D eigenvalue weighted by atomic mass is 32.2. The summed E-state index contributed by atoms with van der Waals surface area (Å²) in [6.07, 6.45) is 0.149. The molecule has 2 aliphatic rings. The zero-order valence-electron chi connectivity index (χ0n) is 19.8. The highest BCUT2D eigenvalue weighted by Crippen LogP contribution is 2.54. The molecule has 1 aromatic heterocycles. The molecule has 2 amide bonds. The van der Waals surface area contributed by atoms with Crippen LogP contribution in [0.4, 0.5) is 14.9 Å². The van der Waals surface area contributed by atoms with Gasteiger partial charge in [-0.25, -0.2) is 18.8 Å². The molecule has 0 bridgehead atoms. The molecule has 0 unspecified atom stereocenters. The van der Waals surface area contributed by atoms with E-state index in [0.29, 0.717) is 28.8 Å². The standard InChI is InChI=1S/C26H23FN2O7S/c1-2-34-25(33)28-18-7-8-19-15(11-23(31)36-21(19)12-18)13-35-24(32)20-14-37-26(10-9-22(30)29(20)26)16-3-5-17(27)6-4-16/h3-8,11-12,20H,2,9-10,13-14H2,1H3,(H,28,33)/t20-,26-/m0/s1. The van der Waals surface area contributed by atoms with Crippen molar-refractivity contribution < 1.29 is 32.7 Å². The second-order valence-corrected chi connectivity index (χ2v) is 9.93. The van der Waals surface area contributed by atoms with Crippen molar-refractivity contribution in [2.45, 2.75) is 37.3 Å². The van der Waals surface area contributed by atoms with Crippen molar-refractivity contribution in [2.24, 2.45) is 0 Å². The minimum Gasteiger partial charge on any atom is -0.459 e. The third-order valence-electron chi connectivity index (χ3n) is 6.42. The Balaban J connectivity index is 1.34. The van der Waals surface area contributed by atoms with Crippen LogP contribution in [0.1, 0.15) is 30.9 Å². The van der Waals surface area contributed by atoms with Gasteiger partial charge in [-0.05, 0) is 43.2 Å². The smallest absolute Gasteiger partial charge is 0.411 e. The summed E-state index contributed by atoms with van der Waals surface area (Å²) < 4.78 is 29.2. The van der Waals surface area contributed by atoms with Gasteiger partial charge in [-0.2, -0.15) is 0 Å². The summed E-state index contributed by atoms with van der Waals surface area (Å²) >= 11 is 1.47. The van der Waals surface area contributed by atoms with Crippen LogP contribution in [-0.2, 0) is 30.5 Å². The van der Waals surface area contributed by atoms with Gasteiger partial charge in [0.25, 0.3) is 0 Å². The van der Waals surface area contributed by atoms with Gasteiger partial charge in [-0.15, -0.1) is 11.8 Å². The van der Waals surface area contributed by atoms with E-state index in [4.69, 9.17) is 13.9 Å². The van der Waals surface area contributed by atoms with E-state index in [-0.39, 0.29) is 36.9 Å². The van der Waals surface area contributed by atoms with E-state index in [9.17, 15) is 23.6 Å². The number of anilines is 1. The van der Waals surface area contributed by atoms with Crippen LogP contribution in [0.15, 0.2) is 57.7 Å². The number of hydrogen-bond acceptors (Lipinski definition) is 8. The van der Waals surface area contributed by atoms with E-state index in [1.165, 1.54) is 36.0 Å². The van der Waals surface area contributed by atoms with Crippen molar-refractivity contribution in [1.82, 2.24) is 4.90 Å². The van der Waals surface area contributed by atoms with E-state index in [0.717, 1.165) is 5.56 Å². The number of amides is 2. The second kappa shape index (κ2) is 9.89. The Morgan fingerprint density at radius 2 is 1.95 bits per heavy atom. The van der Waals surface area contributed by atoms with Crippen LogP contribution in [0.2, 0.25) is 0 Å². The molecular weight excluding hydrogens is 503 g/mol. The van der Waals surface area contributed by atoms with Crippen LogP contribution >= 0.6 is 11.8 Å². The molecule has 2 atom stereocenters. The number of nitrogens with zero attached hydrogens (tertiary/aromatic N) is 1. The lowest BCUT2D eigenvalue weighted by Gasteiger charge is -2.33. The number of carbonyl (C=O) groups excluding carboxylic acids is 3. The van der Waals surface area contributed by atoms with Gasteiger partial charge in [-0.1, -0.05) is 12.1 Å². The average molecular weight is 527 g/mol. The molecule has 5 rings (SSSR count). The Kier molecular flexibility index (Phi) is 6.63. The van der Waals surface area contributed by atoms with Gasteiger partial charge in [0.1, 0.15) is 28.9 Å². The Hall–Kier alpha value is -3.86. The van der Waals surface area contributed by atoms with Crippen molar-refractivity contribution in [3.63, 3.8) is 0 Å². The predicted octanol–water partition coefficient (Wildman–Crippen LogP) is 4.13. The molecule has 192 valence electrons. The number of ether oxygens (including phenoxy) is 2. The fraction of sp³-hybridized carbons (Fsp3) is 0.308. The first-order valence-corrected chi connectivity index (χ1v) is 12.7. The molecule has 3 aromatic rings. The number of fused-ring (bicyclic) bond motifs is 2. The third-order valence-corrected chi connectivity index (χ3v) is 8.01. The van der Waals surface area contributed by atoms with Gasteiger partial charge in [0, 0.05) is 40.9 Å². The highest BCUT2D eigenvalue weighted by molar-refractivity contribution is 8.00. The maximum Gasteiger partial charge on any atom is 0.411 e. The fourth-order valence-electron chi connectivity index (χ4n) is 4.79. The molecular formula is C26H23FN2O7S. The molecule has 2 fully saturated rings. The molecule has 2 aliphatic heterocycles. The third kappa shape index (κ3) is 4.66. The fourth-order valence-corrected chi connectivity index (χ4v) is 6.42. The topological polar surface area (TPSA) is 115 Å². The maximum atomic E-state index is 13.5. The minimum absolute atomic E-state index is 0.163. The normalized spacial score (nSPS) is 20.6.